The molecular formula is C20H26N4O. The van der Waals surface area contributed by atoms with E-state index >= 15 is 0 Å². The normalized spacial score (nSPS) is 17.6. The second-order valence-corrected chi connectivity index (χ2v) is 7.16. The maximum atomic E-state index is 12.5. The lowest BCUT2D eigenvalue weighted by molar-refractivity contribution is 0.102. The third-order valence-electron chi connectivity index (χ3n) is 4.67. The molecule has 2 aromatic rings. The molecule has 0 radical (unpaired) electrons. The maximum Gasteiger partial charge on any atom is 0.258 e. The van der Waals surface area contributed by atoms with Gasteiger partial charge in [0.2, 0.25) is 5.95 Å². The number of hydrogen-bond donors (Lipinski definition) is 1. The molecule has 1 saturated heterocycles. The summed E-state index contributed by atoms with van der Waals surface area (Å²) in [7, 11) is 0. The number of nitrogens with zero attached hydrogens (tertiary/aromatic N) is 3. The molecule has 3 rings (SSSR count). The van der Waals surface area contributed by atoms with Gasteiger partial charge in [-0.1, -0.05) is 39.0 Å². The van der Waals surface area contributed by atoms with Crippen LogP contribution in [0.25, 0.3) is 0 Å². The zero-order chi connectivity index (χ0) is 17.8. The van der Waals surface area contributed by atoms with Crippen molar-refractivity contribution in [1.82, 2.24) is 9.97 Å². The molecule has 1 aliphatic rings. The van der Waals surface area contributed by atoms with Crippen molar-refractivity contribution in [1.29, 1.82) is 0 Å². The lowest BCUT2D eigenvalue weighted by Gasteiger charge is -2.30. The number of benzene rings is 1. The average Bonchev–Trinajstić information content (AvgIpc) is 2.62. The van der Waals surface area contributed by atoms with Gasteiger partial charge in [0.25, 0.3) is 5.91 Å². The fourth-order valence-electron chi connectivity index (χ4n) is 3.28. The van der Waals surface area contributed by atoms with Crippen LogP contribution in [0.2, 0.25) is 0 Å². The SMILES string of the molecule is CC1CCCN(c2ncc(C(=O)Nc3ccccc3C(C)C)cn2)C1. The molecule has 1 amide bonds. The van der Waals surface area contributed by atoms with Gasteiger partial charge in [-0.15, -0.1) is 0 Å². The number of hydrogen-bond acceptors (Lipinski definition) is 4. The van der Waals surface area contributed by atoms with E-state index < -0.39 is 0 Å². The Balaban J connectivity index is 1.71. The summed E-state index contributed by atoms with van der Waals surface area (Å²) in [5.74, 6) is 1.54. The first-order valence-electron chi connectivity index (χ1n) is 9.02. The predicted molar refractivity (Wildman–Crippen MR) is 101 cm³/mol. The lowest BCUT2D eigenvalue weighted by Crippen LogP contribution is -2.35. The van der Waals surface area contributed by atoms with Crippen molar-refractivity contribution in [3.05, 3.63) is 47.8 Å². The molecule has 0 spiro atoms. The molecule has 1 aromatic carbocycles. The monoisotopic (exact) mass is 338 g/mol. The number of para-hydroxylation sites is 1. The van der Waals surface area contributed by atoms with Crippen LogP contribution >= 0.6 is 0 Å². The van der Waals surface area contributed by atoms with Crippen LogP contribution in [-0.2, 0) is 0 Å². The minimum atomic E-state index is -0.174. The first-order valence-corrected chi connectivity index (χ1v) is 9.02. The minimum Gasteiger partial charge on any atom is -0.341 e. The van der Waals surface area contributed by atoms with E-state index in [0.717, 1.165) is 24.3 Å². The summed E-state index contributed by atoms with van der Waals surface area (Å²) in [6.45, 7) is 8.44. The number of carbonyl (C=O) groups is 1. The van der Waals surface area contributed by atoms with Crippen molar-refractivity contribution in [2.45, 2.75) is 39.5 Å². The van der Waals surface area contributed by atoms with Crippen LogP contribution in [0.1, 0.15) is 55.5 Å². The van der Waals surface area contributed by atoms with Gasteiger partial charge in [0.05, 0.1) is 5.56 Å². The number of carbonyl (C=O) groups excluding carboxylic acids is 1. The summed E-state index contributed by atoms with van der Waals surface area (Å²) in [6.07, 6.45) is 5.66. The van der Waals surface area contributed by atoms with E-state index in [4.69, 9.17) is 0 Å². The molecular weight excluding hydrogens is 312 g/mol. The third kappa shape index (κ3) is 4.16. The Morgan fingerprint density at radius 1 is 1.24 bits per heavy atom. The van der Waals surface area contributed by atoms with E-state index in [2.05, 4.69) is 41.0 Å². The van der Waals surface area contributed by atoms with Gasteiger partial charge in [-0.25, -0.2) is 9.97 Å². The summed E-state index contributed by atoms with van der Waals surface area (Å²) >= 11 is 0. The number of anilines is 2. The number of piperidine rings is 1. The average molecular weight is 338 g/mol. The van der Waals surface area contributed by atoms with Crippen molar-refractivity contribution in [3.8, 4) is 0 Å². The molecule has 1 N–H and O–H groups in total. The first kappa shape index (κ1) is 17.4. The molecule has 0 bridgehead atoms. The Bertz CT molecular complexity index is 727. The molecule has 132 valence electrons. The molecule has 1 unspecified atom stereocenters. The van der Waals surface area contributed by atoms with Crippen LogP contribution in [0.4, 0.5) is 11.6 Å². The molecule has 1 aromatic heterocycles. The quantitative estimate of drug-likeness (QED) is 0.912. The molecule has 1 fully saturated rings. The van der Waals surface area contributed by atoms with Crippen molar-refractivity contribution < 1.29 is 4.79 Å². The van der Waals surface area contributed by atoms with Gasteiger partial charge in [0.1, 0.15) is 0 Å². The van der Waals surface area contributed by atoms with E-state index in [1.165, 1.54) is 12.8 Å². The fraction of sp³-hybridized carbons (Fsp3) is 0.450. The third-order valence-corrected chi connectivity index (χ3v) is 4.67. The van der Waals surface area contributed by atoms with Gasteiger partial charge in [-0.3, -0.25) is 4.79 Å². The summed E-state index contributed by atoms with van der Waals surface area (Å²) in [5, 5.41) is 2.98. The number of rotatable bonds is 4. The second kappa shape index (κ2) is 7.64. The van der Waals surface area contributed by atoms with E-state index in [1.807, 2.05) is 24.3 Å². The summed E-state index contributed by atoms with van der Waals surface area (Å²) in [5.41, 5.74) is 2.44. The van der Waals surface area contributed by atoms with E-state index in [-0.39, 0.29) is 5.91 Å². The molecule has 5 nitrogen and oxygen atoms in total. The van der Waals surface area contributed by atoms with Gasteiger partial charge < -0.3 is 10.2 Å². The highest BCUT2D eigenvalue weighted by Crippen LogP contribution is 2.24. The molecule has 1 atom stereocenters. The van der Waals surface area contributed by atoms with Gasteiger partial charge >= 0.3 is 0 Å². The van der Waals surface area contributed by atoms with Crippen LogP contribution < -0.4 is 10.2 Å². The highest BCUT2D eigenvalue weighted by molar-refractivity contribution is 6.04. The van der Waals surface area contributed by atoms with Crippen LogP contribution in [0.5, 0.6) is 0 Å². The number of amides is 1. The second-order valence-electron chi connectivity index (χ2n) is 7.16. The van der Waals surface area contributed by atoms with Gasteiger partial charge in [0, 0.05) is 31.2 Å². The Labute approximate surface area is 149 Å². The zero-order valence-corrected chi connectivity index (χ0v) is 15.2. The number of aromatic nitrogens is 2. The Hall–Kier alpha value is -2.43. The minimum absolute atomic E-state index is 0.174. The van der Waals surface area contributed by atoms with Crippen molar-refractivity contribution in [2.24, 2.45) is 5.92 Å². The standard InChI is InChI=1S/C20H26N4O/c1-14(2)17-8-4-5-9-18(17)23-19(25)16-11-21-20(22-12-16)24-10-6-7-15(3)13-24/h4-5,8-9,11-12,14-15H,6-7,10,13H2,1-3H3,(H,23,25). The summed E-state index contributed by atoms with van der Waals surface area (Å²) in [6, 6.07) is 7.89. The van der Waals surface area contributed by atoms with Crippen molar-refractivity contribution >= 4 is 17.5 Å². The van der Waals surface area contributed by atoms with Crippen LogP contribution in [0, 0.1) is 5.92 Å². The maximum absolute atomic E-state index is 12.5. The number of nitrogens with one attached hydrogen (secondary N) is 1. The molecule has 1 aliphatic heterocycles. The van der Waals surface area contributed by atoms with Gasteiger partial charge in [0.15, 0.2) is 0 Å². The van der Waals surface area contributed by atoms with Gasteiger partial charge in [-0.2, -0.15) is 0 Å². The topological polar surface area (TPSA) is 58.1 Å². The van der Waals surface area contributed by atoms with Crippen LogP contribution in [-0.4, -0.2) is 29.0 Å². The Morgan fingerprint density at radius 2 is 1.96 bits per heavy atom. The largest absolute Gasteiger partial charge is 0.341 e. The molecule has 0 saturated carbocycles. The zero-order valence-electron chi connectivity index (χ0n) is 15.2. The molecule has 0 aliphatic carbocycles. The first-order chi connectivity index (χ1) is 12.0. The Kier molecular flexibility index (Phi) is 5.31. The molecule has 25 heavy (non-hydrogen) atoms. The fourth-order valence-corrected chi connectivity index (χ4v) is 3.28. The van der Waals surface area contributed by atoms with Crippen LogP contribution in [0.3, 0.4) is 0 Å². The summed E-state index contributed by atoms with van der Waals surface area (Å²) < 4.78 is 0. The van der Waals surface area contributed by atoms with Crippen molar-refractivity contribution in [2.75, 3.05) is 23.3 Å². The molecule has 5 heteroatoms. The van der Waals surface area contributed by atoms with E-state index in [1.54, 1.807) is 12.4 Å². The predicted octanol–water partition coefficient (Wildman–Crippen LogP) is 4.09. The van der Waals surface area contributed by atoms with E-state index in [0.29, 0.717) is 23.3 Å². The smallest absolute Gasteiger partial charge is 0.258 e. The van der Waals surface area contributed by atoms with Gasteiger partial charge in [-0.05, 0) is 36.3 Å². The van der Waals surface area contributed by atoms with Crippen LogP contribution in [0.15, 0.2) is 36.7 Å². The highest BCUT2D eigenvalue weighted by Gasteiger charge is 2.19. The lowest BCUT2D eigenvalue weighted by atomic mass is 10.0. The van der Waals surface area contributed by atoms with E-state index in [9.17, 15) is 4.79 Å². The molecule has 2 heterocycles. The Morgan fingerprint density at radius 3 is 2.64 bits per heavy atom. The summed E-state index contributed by atoms with van der Waals surface area (Å²) in [4.78, 5) is 23.5. The highest BCUT2D eigenvalue weighted by atomic mass is 16.1. The van der Waals surface area contributed by atoms with Crippen molar-refractivity contribution in [3.63, 3.8) is 0 Å².